The van der Waals surface area contributed by atoms with Crippen LogP contribution in [-0.2, 0) is 11.2 Å². The van der Waals surface area contributed by atoms with Gasteiger partial charge in [0.25, 0.3) is 0 Å². The van der Waals surface area contributed by atoms with Gasteiger partial charge in [-0.05, 0) is 72.5 Å². The number of carbonyl (C=O) groups excluding carboxylic acids is 1. The summed E-state index contributed by atoms with van der Waals surface area (Å²) in [5.41, 5.74) is 9.34. The number of halogens is 2. The number of nitrogens with one attached hydrogen (secondary N) is 1. The van der Waals surface area contributed by atoms with Gasteiger partial charge < -0.3 is 16.2 Å². The van der Waals surface area contributed by atoms with E-state index >= 15 is 0 Å². The second kappa shape index (κ2) is 9.26. The average molecular weight is 444 g/mol. The monoisotopic (exact) mass is 443 g/mol. The highest BCUT2D eigenvalue weighted by Gasteiger charge is 2.18. The van der Waals surface area contributed by atoms with Gasteiger partial charge in [0.15, 0.2) is 0 Å². The van der Waals surface area contributed by atoms with E-state index in [2.05, 4.69) is 10.3 Å². The van der Waals surface area contributed by atoms with Gasteiger partial charge in [-0.3, -0.25) is 9.78 Å². The number of benzene rings is 2. The molecule has 0 fully saturated rings. The lowest BCUT2D eigenvalue weighted by molar-refractivity contribution is -0.117. The summed E-state index contributed by atoms with van der Waals surface area (Å²) in [5, 5.41) is 13.1. The molecule has 4 N–H and O–H groups in total. The van der Waals surface area contributed by atoms with E-state index in [9.17, 15) is 14.7 Å². The Balaban J connectivity index is 1.84. The number of rotatable bonds is 6. The molecule has 0 spiro atoms. The first-order chi connectivity index (χ1) is 14.2. The molecular formula is C22H19Cl2N3O3. The molecular weight excluding hydrogens is 425 g/mol. The van der Waals surface area contributed by atoms with E-state index in [-0.39, 0.29) is 12.0 Å². The second-order valence-electron chi connectivity index (χ2n) is 6.83. The number of amides is 1. The van der Waals surface area contributed by atoms with E-state index in [1.54, 1.807) is 42.6 Å². The number of nitrogens with zero attached hydrogens (tertiary/aromatic N) is 1. The zero-order valence-electron chi connectivity index (χ0n) is 16.0. The molecule has 0 bridgehead atoms. The standard InChI is InChI=1S/C22H19Cl2N3O3/c1-12-6-13(4-5-26-12)15-7-16(22(29)30)9-18(8-15)27-21(28)20(25)10-14-2-3-17(23)11-19(14)24/h2-9,11,20H,10,25H2,1H3,(H,27,28)(H,29,30). The molecule has 1 atom stereocenters. The molecule has 1 aromatic heterocycles. The minimum atomic E-state index is -1.10. The quantitative estimate of drug-likeness (QED) is 0.517. The second-order valence-corrected chi connectivity index (χ2v) is 7.67. The van der Waals surface area contributed by atoms with Crippen molar-refractivity contribution in [2.24, 2.45) is 5.73 Å². The molecule has 2 aromatic carbocycles. The van der Waals surface area contributed by atoms with Crippen LogP contribution < -0.4 is 11.1 Å². The summed E-state index contributed by atoms with van der Waals surface area (Å²) < 4.78 is 0. The fourth-order valence-corrected chi connectivity index (χ4v) is 3.45. The molecule has 0 aliphatic carbocycles. The molecule has 8 heteroatoms. The van der Waals surface area contributed by atoms with Gasteiger partial charge >= 0.3 is 5.97 Å². The molecule has 6 nitrogen and oxygen atoms in total. The molecule has 3 aromatic rings. The highest BCUT2D eigenvalue weighted by Crippen LogP contribution is 2.26. The molecule has 1 amide bonds. The first-order valence-corrected chi connectivity index (χ1v) is 9.80. The smallest absolute Gasteiger partial charge is 0.335 e. The van der Waals surface area contributed by atoms with Crippen LogP contribution in [0.15, 0.2) is 54.7 Å². The summed E-state index contributed by atoms with van der Waals surface area (Å²) >= 11 is 12.0. The molecule has 1 unspecified atom stereocenters. The Kier molecular flexibility index (Phi) is 6.72. The van der Waals surface area contributed by atoms with Crippen LogP contribution in [0.4, 0.5) is 5.69 Å². The van der Waals surface area contributed by atoms with Gasteiger partial charge in [0.05, 0.1) is 11.6 Å². The molecule has 0 aliphatic heterocycles. The van der Waals surface area contributed by atoms with Crippen LogP contribution in [0.5, 0.6) is 0 Å². The van der Waals surface area contributed by atoms with Crippen LogP contribution in [0, 0.1) is 6.92 Å². The van der Waals surface area contributed by atoms with Gasteiger partial charge in [-0.2, -0.15) is 0 Å². The van der Waals surface area contributed by atoms with Crippen LogP contribution in [0.3, 0.4) is 0 Å². The van der Waals surface area contributed by atoms with E-state index in [1.807, 2.05) is 13.0 Å². The number of nitrogens with two attached hydrogens (primary N) is 1. The van der Waals surface area contributed by atoms with E-state index in [1.165, 1.54) is 6.07 Å². The zero-order chi connectivity index (χ0) is 21.8. The Morgan fingerprint density at radius 3 is 2.53 bits per heavy atom. The molecule has 0 saturated carbocycles. The molecule has 0 aliphatic rings. The lowest BCUT2D eigenvalue weighted by Gasteiger charge is -2.15. The van der Waals surface area contributed by atoms with Gasteiger partial charge in [0.1, 0.15) is 0 Å². The molecule has 154 valence electrons. The topological polar surface area (TPSA) is 105 Å². The van der Waals surface area contributed by atoms with E-state index < -0.39 is 17.9 Å². The summed E-state index contributed by atoms with van der Waals surface area (Å²) in [4.78, 5) is 28.3. The number of carbonyl (C=O) groups is 2. The van der Waals surface area contributed by atoms with E-state index in [0.29, 0.717) is 26.9 Å². The van der Waals surface area contributed by atoms with Crippen molar-refractivity contribution < 1.29 is 14.7 Å². The maximum atomic E-state index is 12.6. The first-order valence-electron chi connectivity index (χ1n) is 9.04. The number of carboxylic acids is 1. The minimum Gasteiger partial charge on any atom is -0.478 e. The summed E-state index contributed by atoms with van der Waals surface area (Å²) in [7, 11) is 0. The van der Waals surface area contributed by atoms with Crippen molar-refractivity contribution in [2.45, 2.75) is 19.4 Å². The molecule has 3 rings (SSSR count). The average Bonchev–Trinajstić information content (AvgIpc) is 2.69. The zero-order valence-corrected chi connectivity index (χ0v) is 17.5. The Labute approximate surface area is 183 Å². The van der Waals surface area contributed by atoms with Crippen molar-refractivity contribution in [3.63, 3.8) is 0 Å². The Morgan fingerprint density at radius 2 is 1.87 bits per heavy atom. The van der Waals surface area contributed by atoms with Crippen LogP contribution in [0.1, 0.15) is 21.6 Å². The number of carboxylic acid groups (broad SMARTS) is 1. The maximum absolute atomic E-state index is 12.6. The number of hydrogen-bond acceptors (Lipinski definition) is 4. The third kappa shape index (κ3) is 5.36. The summed E-state index contributed by atoms with van der Waals surface area (Å²) in [6.45, 7) is 1.84. The maximum Gasteiger partial charge on any atom is 0.335 e. The third-order valence-corrected chi connectivity index (χ3v) is 5.06. The number of aromatic nitrogens is 1. The van der Waals surface area contributed by atoms with Gasteiger partial charge in [-0.25, -0.2) is 4.79 Å². The van der Waals surface area contributed by atoms with Crippen molar-refractivity contribution in [1.29, 1.82) is 0 Å². The summed E-state index contributed by atoms with van der Waals surface area (Å²) in [6.07, 6.45) is 1.85. The molecule has 0 saturated heterocycles. The number of aryl methyl sites for hydroxylation is 1. The van der Waals surface area contributed by atoms with Crippen molar-refractivity contribution in [2.75, 3.05) is 5.32 Å². The first kappa shape index (κ1) is 21.8. The number of anilines is 1. The van der Waals surface area contributed by atoms with Crippen LogP contribution >= 0.6 is 23.2 Å². The highest BCUT2D eigenvalue weighted by atomic mass is 35.5. The number of hydrogen-bond donors (Lipinski definition) is 3. The Bertz CT molecular complexity index is 1120. The van der Waals surface area contributed by atoms with Crippen LogP contribution in [-0.4, -0.2) is 28.0 Å². The highest BCUT2D eigenvalue weighted by molar-refractivity contribution is 6.35. The predicted octanol–water partition coefficient (Wildman–Crippen LogP) is 4.57. The number of pyridine rings is 1. The minimum absolute atomic E-state index is 0.0478. The SMILES string of the molecule is Cc1cc(-c2cc(NC(=O)C(N)Cc3ccc(Cl)cc3Cl)cc(C(=O)O)c2)ccn1. The third-order valence-electron chi connectivity index (χ3n) is 4.47. The van der Waals surface area contributed by atoms with E-state index in [4.69, 9.17) is 28.9 Å². The molecule has 30 heavy (non-hydrogen) atoms. The summed E-state index contributed by atoms with van der Waals surface area (Å²) in [6, 6.07) is 12.3. The van der Waals surface area contributed by atoms with Gasteiger partial charge in [-0.1, -0.05) is 29.3 Å². The lowest BCUT2D eigenvalue weighted by atomic mass is 10.0. The Morgan fingerprint density at radius 1 is 1.10 bits per heavy atom. The van der Waals surface area contributed by atoms with Gasteiger partial charge in [0, 0.05) is 27.6 Å². The van der Waals surface area contributed by atoms with Gasteiger partial charge in [0.2, 0.25) is 5.91 Å². The van der Waals surface area contributed by atoms with Crippen molar-refractivity contribution in [3.05, 3.63) is 81.6 Å². The summed E-state index contributed by atoms with van der Waals surface area (Å²) in [5.74, 6) is -1.56. The number of aromatic carboxylic acids is 1. The van der Waals surface area contributed by atoms with E-state index in [0.717, 1.165) is 11.3 Å². The van der Waals surface area contributed by atoms with Crippen molar-refractivity contribution in [3.8, 4) is 11.1 Å². The molecule has 0 radical (unpaired) electrons. The lowest BCUT2D eigenvalue weighted by Crippen LogP contribution is -2.37. The van der Waals surface area contributed by atoms with Crippen LogP contribution in [0.25, 0.3) is 11.1 Å². The fraction of sp³-hybridized carbons (Fsp3) is 0.136. The largest absolute Gasteiger partial charge is 0.478 e. The fourth-order valence-electron chi connectivity index (χ4n) is 2.97. The Hall–Kier alpha value is -2.93. The molecule has 1 heterocycles. The van der Waals surface area contributed by atoms with Gasteiger partial charge in [-0.15, -0.1) is 0 Å². The van der Waals surface area contributed by atoms with Crippen molar-refractivity contribution in [1.82, 2.24) is 4.98 Å². The predicted molar refractivity (Wildman–Crippen MR) is 118 cm³/mol. The normalized spacial score (nSPS) is 11.7. The van der Waals surface area contributed by atoms with Crippen LogP contribution in [0.2, 0.25) is 10.0 Å². The van der Waals surface area contributed by atoms with Crippen molar-refractivity contribution >= 4 is 40.8 Å².